The molecule has 1 saturated carbocycles. The summed E-state index contributed by atoms with van der Waals surface area (Å²) in [5.41, 5.74) is -0.0249. The van der Waals surface area contributed by atoms with Gasteiger partial charge in [-0.2, -0.15) is 0 Å². The molecule has 1 amide bonds. The normalized spacial score (nSPS) is 28.2. The zero-order chi connectivity index (χ0) is 28.2. The fourth-order valence-corrected chi connectivity index (χ4v) is 5.90. The number of hydrogen-bond acceptors (Lipinski definition) is 7. The molecule has 0 bridgehead atoms. The predicted octanol–water partition coefficient (Wildman–Crippen LogP) is 4.08. The van der Waals surface area contributed by atoms with Crippen molar-refractivity contribution in [3.8, 4) is 0 Å². The van der Waals surface area contributed by atoms with Gasteiger partial charge in [0, 0.05) is 49.6 Å². The van der Waals surface area contributed by atoms with E-state index in [1.54, 1.807) is 24.3 Å². The topological polar surface area (TPSA) is 78.5 Å². The highest BCUT2D eigenvalue weighted by Gasteiger charge is 2.58. The van der Waals surface area contributed by atoms with E-state index in [4.69, 9.17) is 35.3 Å². The molecular weight excluding hydrogens is 539 g/mol. The van der Waals surface area contributed by atoms with E-state index in [0.29, 0.717) is 36.9 Å². The van der Waals surface area contributed by atoms with Gasteiger partial charge in [0.05, 0.1) is 38.6 Å². The number of morpholine rings is 1. The molecule has 1 aliphatic carbocycles. The summed E-state index contributed by atoms with van der Waals surface area (Å²) in [5, 5.41) is 3.70. The van der Waals surface area contributed by atoms with E-state index in [-0.39, 0.29) is 43.9 Å². The van der Waals surface area contributed by atoms with Crippen LogP contribution in [0, 0.1) is 5.82 Å². The van der Waals surface area contributed by atoms with Crippen molar-refractivity contribution < 1.29 is 32.9 Å². The molecule has 218 valence electrons. The lowest BCUT2D eigenvalue weighted by molar-refractivity contribution is -0.183. The number of rotatable bonds is 10. The molecule has 2 heterocycles. The van der Waals surface area contributed by atoms with Crippen molar-refractivity contribution in [3.05, 3.63) is 70.5 Å². The highest BCUT2D eigenvalue weighted by Crippen LogP contribution is 2.44. The van der Waals surface area contributed by atoms with Gasteiger partial charge in [0.15, 0.2) is 11.4 Å². The molecule has 3 fully saturated rings. The first-order valence-corrected chi connectivity index (χ1v) is 14.3. The molecule has 2 aliphatic heterocycles. The van der Waals surface area contributed by atoms with Crippen molar-refractivity contribution in [3.63, 3.8) is 0 Å². The first kappa shape index (κ1) is 29.4. The number of hydrogen-bond donors (Lipinski definition) is 1. The summed E-state index contributed by atoms with van der Waals surface area (Å²) in [7, 11) is 0. The molecule has 2 aromatic rings. The Morgan fingerprint density at radius 3 is 2.67 bits per heavy atom. The molecule has 40 heavy (non-hydrogen) atoms. The Balaban J connectivity index is 1.36. The van der Waals surface area contributed by atoms with E-state index in [9.17, 15) is 9.18 Å². The number of benzene rings is 2. The molecule has 2 saturated heterocycles. The van der Waals surface area contributed by atoms with Gasteiger partial charge in [0.1, 0.15) is 11.9 Å². The minimum Gasteiger partial charge on any atom is -0.379 e. The predicted molar refractivity (Wildman–Crippen MR) is 147 cm³/mol. The van der Waals surface area contributed by atoms with Crippen molar-refractivity contribution in [2.75, 3.05) is 39.4 Å². The van der Waals surface area contributed by atoms with Crippen LogP contribution >= 0.6 is 11.6 Å². The van der Waals surface area contributed by atoms with E-state index in [1.165, 1.54) is 6.07 Å². The lowest BCUT2D eigenvalue weighted by atomic mass is 9.78. The number of nitrogens with one attached hydrogen (secondary N) is 1. The quantitative estimate of drug-likeness (QED) is 0.457. The molecular formula is C30H38ClFN2O6. The smallest absolute Gasteiger partial charge is 0.252 e. The fraction of sp³-hybridized carbons (Fsp3) is 0.567. The van der Waals surface area contributed by atoms with Gasteiger partial charge in [-0.15, -0.1) is 0 Å². The zero-order valence-corrected chi connectivity index (χ0v) is 23.8. The summed E-state index contributed by atoms with van der Waals surface area (Å²) in [6.45, 7) is 8.10. The van der Waals surface area contributed by atoms with Gasteiger partial charge in [0.2, 0.25) is 0 Å². The van der Waals surface area contributed by atoms with Crippen LogP contribution in [0.4, 0.5) is 4.39 Å². The number of halogens is 2. The summed E-state index contributed by atoms with van der Waals surface area (Å²) >= 11 is 6.18. The zero-order valence-electron chi connectivity index (χ0n) is 23.1. The molecule has 5 rings (SSSR count). The Morgan fingerprint density at radius 1 is 1.10 bits per heavy atom. The van der Waals surface area contributed by atoms with Crippen LogP contribution < -0.4 is 5.32 Å². The van der Waals surface area contributed by atoms with E-state index in [0.717, 1.165) is 18.7 Å². The minimum atomic E-state index is -1.31. The van der Waals surface area contributed by atoms with Crippen LogP contribution in [0.2, 0.25) is 5.02 Å². The number of fused-ring (bicyclic) bond motifs is 1. The SMILES string of the molecule is CC1(C)O[C@@H]2C[C@@](OCc3ccccc3F)(C(=O)NCCN3CCOCC3)CC(OCc3cccc(Cl)c3)[C@@H]2O1. The minimum absolute atomic E-state index is 0.0633. The number of carbonyl (C=O) groups is 1. The van der Waals surface area contributed by atoms with Gasteiger partial charge in [-0.05, 0) is 37.6 Å². The first-order chi connectivity index (χ1) is 19.2. The molecule has 0 aromatic heterocycles. The second-order valence-corrected chi connectivity index (χ2v) is 11.5. The lowest BCUT2D eigenvalue weighted by Gasteiger charge is -2.43. The van der Waals surface area contributed by atoms with Gasteiger partial charge in [-0.3, -0.25) is 9.69 Å². The third kappa shape index (κ3) is 7.20. The second-order valence-electron chi connectivity index (χ2n) is 11.1. The van der Waals surface area contributed by atoms with E-state index in [2.05, 4.69) is 10.2 Å². The van der Waals surface area contributed by atoms with Crippen LogP contribution in [0.3, 0.4) is 0 Å². The van der Waals surface area contributed by atoms with Crippen LogP contribution in [0.1, 0.15) is 37.8 Å². The van der Waals surface area contributed by atoms with Gasteiger partial charge in [-0.1, -0.05) is 41.9 Å². The Kier molecular flexibility index (Phi) is 9.42. The van der Waals surface area contributed by atoms with Crippen molar-refractivity contribution in [2.24, 2.45) is 0 Å². The summed E-state index contributed by atoms with van der Waals surface area (Å²) in [6.07, 6.45) is -0.855. The third-order valence-electron chi connectivity index (χ3n) is 7.70. The van der Waals surface area contributed by atoms with Crippen LogP contribution in [0.15, 0.2) is 48.5 Å². The molecule has 3 aliphatic rings. The maximum absolute atomic E-state index is 14.5. The Morgan fingerprint density at radius 2 is 1.90 bits per heavy atom. The Hall–Kier alpha value is -2.11. The largest absolute Gasteiger partial charge is 0.379 e. The van der Waals surface area contributed by atoms with Gasteiger partial charge in [0.25, 0.3) is 5.91 Å². The number of amides is 1. The lowest BCUT2D eigenvalue weighted by Crippen LogP contribution is -2.60. The summed E-state index contributed by atoms with van der Waals surface area (Å²) in [6, 6.07) is 13.9. The fourth-order valence-electron chi connectivity index (χ4n) is 5.68. The van der Waals surface area contributed by atoms with Crippen molar-refractivity contribution in [1.82, 2.24) is 10.2 Å². The number of carbonyl (C=O) groups excluding carboxylic acids is 1. The summed E-state index contributed by atoms with van der Waals surface area (Å²) in [5.74, 6) is -1.49. The van der Waals surface area contributed by atoms with Gasteiger partial charge >= 0.3 is 0 Å². The van der Waals surface area contributed by atoms with Gasteiger partial charge < -0.3 is 29.0 Å². The average Bonchev–Trinajstić information content (AvgIpc) is 3.25. The molecule has 2 aromatic carbocycles. The van der Waals surface area contributed by atoms with Crippen molar-refractivity contribution >= 4 is 17.5 Å². The maximum Gasteiger partial charge on any atom is 0.252 e. The third-order valence-corrected chi connectivity index (χ3v) is 7.93. The van der Waals surface area contributed by atoms with Gasteiger partial charge in [-0.25, -0.2) is 4.39 Å². The van der Waals surface area contributed by atoms with E-state index < -0.39 is 23.6 Å². The molecule has 10 heteroatoms. The van der Waals surface area contributed by atoms with Crippen LogP contribution in [0.25, 0.3) is 0 Å². The monoisotopic (exact) mass is 576 g/mol. The average molecular weight is 577 g/mol. The standard InChI is InChI=1S/C30H38ClFN2O6/c1-29(2)39-26-18-30(38-20-22-7-3-4-9-24(22)32,28(35)33-10-11-34-12-14-36-15-13-34)17-25(27(26)40-29)37-19-21-6-5-8-23(31)16-21/h3-9,16,25-27H,10-15,17-20H2,1-2H3,(H,33,35)/t25?,26-,27+,30-/m1/s1. The highest BCUT2D eigenvalue weighted by atomic mass is 35.5. The molecule has 1 N–H and O–H groups in total. The molecule has 0 spiro atoms. The number of nitrogens with zero attached hydrogens (tertiary/aromatic N) is 1. The summed E-state index contributed by atoms with van der Waals surface area (Å²) in [4.78, 5) is 16.2. The molecule has 1 unspecified atom stereocenters. The van der Waals surface area contributed by atoms with Crippen molar-refractivity contribution in [1.29, 1.82) is 0 Å². The van der Waals surface area contributed by atoms with Crippen LogP contribution in [0.5, 0.6) is 0 Å². The molecule has 0 radical (unpaired) electrons. The van der Waals surface area contributed by atoms with E-state index in [1.807, 2.05) is 32.0 Å². The first-order valence-electron chi connectivity index (χ1n) is 13.9. The Bertz CT molecular complexity index is 1160. The maximum atomic E-state index is 14.5. The van der Waals surface area contributed by atoms with Crippen molar-refractivity contribution in [2.45, 2.75) is 69.6 Å². The van der Waals surface area contributed by atoms with E-state index >= 15 is 0 Å². The summed E-state index contributed by atoms with van der Waals surface area (Å²) < 4.78 is 45.3. The second kappa shape index (κ2) is 12.8. The number of ether oxygens (including phenoxy) is 5. The highest BCUT2D eigenvalue weighted by molar-refractivity contribution is 6.30. The van der Waals surface area contributed by atoms with Crippen LogP contribution in [-0.2, 0) is 41.7 Å². The molecule has 8 nitrogen and oxygen atoms in total. The van der Waals surface area contributed by atoms with Crippen LogP contribution in [-0.4, -0.2) is 79.9 Å². The Labute approximate surface area is 240 Å². The molecule has 4 atom stereocenters.